The molecule has 180 valence electrons. The van der Waals surface area contributed by atoms with Crippen LogP contribution >= 0.6 is 0 Å². The fourth-order valence-corrected chi connectivity index (χ4v) is 3.90. The van der Waals surface area contributed by atoms with E-state index in [1.54, 1.807) is 19.1 Å². The molecule has 0 spiro atoms. The number of hydrogen-bond acceptors (Lipinski definition) is 6. The SMILES string of the molecule is C[C@@H](C(=O)Nc1ccc(Oc2ccc(F)cn2)cn1)N1CCC[C@H]([N+]2([O-])C=CC(F)(F)C=C2)C1. The average molecular weight is 475 g/mol. The van der Waals surface area contributed by atoms with E-state index in [2.05, 4.69) is 15.3 Å². The highest BCUT2D eigenvalue weighted by Gasteiger charge is 2.38. The second kappa shape index (κ2) is 9.53. The summed E-state index contributed by atoms with van der Waals surface area (Å²) in [6.07, 6.45) is 6.89. The molecule has 34 heavy (non-hydrogen) atoms. The van der Waals surface area contributed by atoms with Gasteiger partial charge in [-0.2, -0.15) is 8.78 Å². The summed E-state index contributed by atoms with van der Waals surface area (Å²) in [6.45, 7) is 2.63. The Balaban J connectivity index is 1.34. The molecule has 2 aromatic heterocycles. The number of halogens is 3. The number of carbonyl (C=O) groups is 1. The maximum atomic E-state index is 13.4. The highest BCUT2D eigenvalue weighted by atomic mass is 19.3. The van der Waals surface area contributed by atoms with Crippen molar-refractivity contribution >= 4 is 11.7 Å². The van der Waals surface area contributed by atoms with Gasteiger partial charge in [-0.05, 0) is 38.1 Å². The highest BCUT2D eigenvalue weighted by molar-refractivity contribution is 5.93. The molecule has 11 heteroatoms. The molecule has 0 aromatic carbocycles. The van der Waals surface area contributed by atoms with Gasteiger partial charge in [0, 0.05) is 24.6 Å². The number of hydrogen-bond donors (Lipinski definition) is 1. The standard InChI is InChI=1S/C23H24F3N5O3/c1-16(30-10-2-3-18(15-30)31(33)11-8-23(25,26)9-12-31)22(32)29-20-6-5-19(14-27-20)34-21-7-4-17(24)13-28-21/h4-9,11-14,16,18H,2-3,10,15H2,1H3,(H,27,29,32)/t16-,18-/m0/s1. The van der Waals surface area contributed by atoms with Crippen LogP contribution in [0.4, 0.5) is 19.0 Å². The van der Waals surface area contributed by atoms with Crippen molar-refractivity contribution in [3.8, 4) is 11.6 Å². The molecule has 4 heterocycles. The zero-order chi connectivity index (χ0) is 24.3. The molecule has 1 amide bonds. The molecule has 1 N–H and O–H groups in total. The van der Waals surface area contributed by atoms with Gasteiger partial charge in [-0.15, -0.1) is 0 Å². The third-order valence-electron chi connectivity index (χ3n) is 5.90. The van der Waals surface area contributed by atoms with Crippen LogP contribution in [0.25, 0.3) is 0 Å². The number of alkyl halides is 2. The minimum absolute atomic E-state index is 0.203. The summed E-state index contributed by atoms with van der Waals surface area (Å²) in [5.41, 5.74) is 0. The van der Waals surface area contributed by atoms with E-state index in [1.807, 2.05) is 4.90 Å². The van der Waals surface area contributed by atoms with Crippen LogP contribution < -0.4 is 10.1 Å². The number of anilines is 1. The lowest BCUT2D eigenvalue weighted by Crippen LogP contribution is -2.56. The molecule has 1 fully saturated rings. The van der Waals surface area contributed by atoms with Gasteiger partial charge in [-0.25, -0.2) is 14.4 Å². The van der Waals surface area contributed by atoms with Crippen LogP contribution in [0.3, 0.4) is 0 Å². The van der Waals surface area contributed by atoms with Crippen LogP contribution in [0, 0.1) is 11.0 Å². The van der Waals surface area contributed by atoms with E-state index in [0.717, 1.165) is 18.6 Å². The number of carbonyl (C=O) groups excluding carboxylic acids is 1. The maximum Gasteiger partial charge on any atom is 0.295 e. The second-order valence-electron chi connectivity index (χ2n) is 8.32. The molecule has 0 saturated carbocycles. The number of likely N-dealkylation sites (tertiary alicyclic amines) is 1. The second-order valence-corrected chi connectivity index (χ2v) is 8.32. The molecule has 0 bridgehead atoms. The number of aromatic nitrogens is 2. The van der Waals surface area contributed by atoms with Gasteiger partial charge < -0.3 is 19.9 Å². The zero-order valence-electron chi connectivity index (χ0n) is 18.4. The molecular formula is C23H24F3N5O3. The molecular weight excluding hydrogens is 451 g/mol. The van der Waals surface area contributed by atoms with Crippen molar-refractivity contribution in [2.24, 2.45) is 0 Å². The molecule has 2 aliphatic rings. The first-order valence-electron chi connectivity index (χ1n) is 10.8. The lowest BCUT2D eigenvalue weighted by molar-refractivity contribution is -0.806. The first kappa shape index (κ1) is 23.9. The smallest absolute Gasteiger partial charge is 0.295 e. The summed E-state index contributed by atoms with van der Waals surface area (Å²) >= 11 is 0. The maximum absolute atomic E-state index is 13.4. The summed E-state index contributed by atoms with van der Waals surface area (Å²) in [7, 11) is 0. The molecule has 2 aromatic rings. The van der Waals surface area contributed by atoms with E-state index in [4.69, 9.17) is 4.74 Å². The Morgan fingerprint density at radius 1 is 1.24 bits per heavy atom. The number of hydroxylamine groups is 3. The van der Waals surface area contributed by atoms with Gasteiger partial charge in [-0.1, -0.05) is 0 Å². The first-order valence-corrected chi connectivity index (χ1v) is 10.8. The quantitative estimate of drug-likeness (QED) is 0.498. The fourth-order valence-electron chi connectivity index (χ4n) is 3.90. The molecule has 8 nitrogen and oxygen atoms in total. The lowest BCUT2D eigenvalue weighted by atomic mass is 10.0. The molecule has 1 saturated heterocycles. The lowest BCUT2D eigenvalue weighted by Gasteiger charge is -2.48. The Bertz CT molecular complexity index is 1060. The van der Waals surface area contributed by atoms with E-state index < -0.39 is 28.5 Å². The van der Waals surface area contributed by atoms with Crippen molar-refractivity contribution in [3.05, 3.63) is 72.2 Å². The number of allylic oxidation sites excluding steroid dienone is 2. The van der Waals surface area contributed by atoms with Gasteiger partial charge in [0.2, 0.25) is 11.8 Å². The molecule has 0 aliphatic carbocycles. The molecule has 0 unspecified atom stereocenters. The van der Waals surface area contributed by atoms with E-state index >= 15 is 0 Å². The Hall–Kier alpha value is -3.28. The minimum atomic E-state index is -3.11. The van der Waals surface area contributed by atoms with Crippen LogP contribution in [0.5, 0.6) is 11.6 Å². The monoisotopic (exact) mass is 475 g/mol. The number of pyridine rings is 2. The summed E-state index contributed by atoms with van der Waals surface area (Å²) < 4.78 is 44.2. The Morgan fingerprint density at radius 3 is 2.65 bits per heavy atom. The van der Waals surface area contributed by atoms with E-state index in [-0.39, 0.29) is 11.8 Å². The predicted octanol–water partition coefficient (Wildman–Crippen LogP) is 4.19. The molecule has 0 radical (unpaired) electrons. The van der Waals surface area contributed by atoms with Crippen molar-refractivity contribution in [3.63, 3.8) is 0 Å². The highest BCUT2D eigenvalue weighted by Crippen LogP contribution is 2.31. The minimum Gasteiger partial charge on any atom is -0.622 e. The predicted molar refractivity (Wildman–Crippen MR) is 118 cm³/mol. The molecule has 4 rings (SSSR count). The third-order valence-corrected chi connectivity index (χ3v) is 5.90. The number of rotatable bonds is 6. The number of nitrogens with one attached hydrogen (secondary N) is 1. The van der Waals surface area contributed by atoms with E-state index in [9.17, 15) is 23.2 Å². The van der Waals surface area contributed by atoms with Crippen LogP contribution in [0.15, 0.2) is 61.2 Å². The van der Waals surface area contributed by atoms with Gasteiger partial charge in [0.05, 0.1) is 25.0 Å². The summed E-state index contributed by atoms with van der Waals surface area (Å²) in [5, 5.41) is 15.8. The molecule has 2 atom stereocenters. The zero-order valence-corrected chi connectivity index (χ0v) is 18.4. The van der Waals surface area contributed by atoms with Crippen molar-refractivity contribution in [2.45, 2.75) is 37.8 Å². The van der Waals surface area contributed by atoms with E-state index in [1.165, 1.54) is 18.3 Å². The van der Waals surface area contributed by atoms with Crippen molar-refractivity contribution in [1.82, 2.24) is 14.9 Å². The van der Waals surface area contributed by atoms with E-state index in [0.29, 0.717) is 49.7 Å². The number of ether oxygens (including phenoxy) is 1. The Morgan fingerprint density at radius 2 is 2.00 bits per heavy atom. The van der Waals surface area contributed by atoms with Gasteiger partial charge >= 0.3 is 0 Å². The first-order chi connectivity index (χ1) is 16.1. The topological polar surface area (TPSA) is 90.4 Å². The number of piperidine rings is 1. The van der Waals surface area contributed by atoms with Crippen LogP contribution in [0.1, 0.15) is 19.8 Å². The van der Waals surface area contributed by atoms with Gasteiger partial charge in [0.1, 0.15) is 35.8 Å². The summed E-state index contributed by atoms with van der Waals surface area (Å²) in [6, 6.07) is 4.71. The largest absolute Gasteiger partial charge is 0.622 e. The van der Waals surface area contributed by atoms with Gasteiger partial charge in [0.25, 0.3) is 5.92 Å². The van der Waals surface area contributed by atoms with Crippen LogP contribution in [-0.4, -0.2) is 56.5 Å². The number of nitrogens with zero attached hydrogens (tertiary/aromatic N) is 4. The number of quaternary nitrogens is 1. The number of amides is 1. The normalized spacial score (nSPS) is 22.2. The van der Waals surface area contributed by atoms with Crippen LogP contribution in [0.2, 0.25) is 0 Å². The Labute approximate surface area is 194 Å². The van der Waals surface area contributed by atoms with Crippen LogP contribution in [-0.2, 0) is 4.79 Å². The summed E-state index contributed by atoms with van der Waals surface area (Å²) in [5.74, 6) is -3.03. The Kier molecular flexibility index (Phi) is 6.69. The summed E-state index contributed by atoms with van der Waals surface area (Å²) in [4.78, 5) is 22.6. The van der Waals surface area contributed by atoms with Crippen molar-refractivity contribution in [1.29, 1.82) is 0 Å². The van der Waals surface area contributed by atoms with Crippen molar-refractivity contribution < 1.29 is 27.3 Å². The van der Waals surface area contributed by atoms with Crippen molar-refractivity contribution in [2.75, 3.05) is 18.4 Å². The fraction of sp³-hybridized carbons (Fsp3) is 0.348. The average Bonchev–Trinajstić information content (AvgIpc) is 2.83. The van der Waals surface area contributed by atoms with Gasteiger partial charge in [-0.3, -0.25) is 9.69 Å². The van der Waals surface area contributed by atoms with Gasteiger partial charge in [0.15, 0.2) is 0 Å². The molecule has 2 aliphatic heterocycles. The third kappa shape index (κ3) is 5.61.